The quantitative estimate of drug-likeness (QED) is 0.730. The molecule has 2 rings (SSSR count). The van der Waals surface area contributed by atoms with Gasteiger partial charge in [0.1, 0.15) is 11.5 Å². The standard InChI is InChI=1S/C10H8FNO2/c1-5-2-3-7(11)9-6(5)4-8(12-9)10(13)14/h2-4,12H,1H3,(H,13,14). The number of carboxylic acids is 1. The number of hydrogen-bond acceptors (Lipinski definition) is 1. The van der Waals surface area contributed by atoms with Crippen LogP contribution in [0.4, 0.5) is 4.39 Å². The molecule has 1 heterocycles. The van der Waals surface area contributed by atoms with Gasteiger partial charge in [-0.1, -0.05) is 6.07 Å². The summed E-state index contributed by atoms with van der Waals surface area (Å²) in [6.07, 6.45) is 0. The van der Waals surface area contributed by atoms with E-state index in [-0.39, 0.29) is 11.2 Å². The summed E-state index contributed by atoms with van der Waals surface area (Å²) in [5, 5.41) is 9.33. The maximum absolute atomic E-state index is 13.2. The maximum Gasteiger partial charge on any atom is 0.352 e. The molecule has 14 heavy (non-hydrogen) atoms. The molecule has 1 aromatic carbocycles. The lowest BCUT2D eigenvalue weighted by atomic mass is 10.1. The van der Waals surface area contributed by atoms with Crippen LogP contribution in [0.15, 0.2) is 18.2 Å². The molecule has 0 spiro atoms. The van der Waals surface area contributed by atoms with Crippen LogP contribution in [-0.2, 0) is 0 Å². The summed E-state index contributed by atoms with van der Waals surface area (Å²) >= 11 is 0. The molecule has 0 saturated carbocycles. The highest BCUT2D eigenvalue weighted by atomic mass is 19.1. The molecule has 0 fully saturated rings. The lowest BCUT2D eigenvalue weighted by molar-refractivity contribution is 0.0691. The summed E-state index contributed by atoms with van der Waals surface area (Å²) in [7, 11) is 0. The Labute approximate surface area is 79.2 Å². The van der Waals surface area contributed by atoms with Crippen LogP contribution in [0, 0.1) is 12.7 Å². The Bertz CT molecular complexity index is 477. The van der Waals surface area contributed by atoms with E-state index in [4.69, 9.17) is 5.11 Å². The van der Waals surface area contributed by atoms with Crippen molar-refractivity contribution >= 4 is 16.9 Å². The van der Waals surface area contributed by atoms with Gasteiger partial charge in [-0.3, -0.25) is 0 Å². The van der Waals surface area contributed by atoms with Crippen molar-refractivity contribution in [1.29, 1.82) is 0 Å². The molecule has 0 aliphatic heterocycles. The first-order valence-corrected chi connectivity index (χ1v) is 4.10. The monoisotopic (exact) mass is 193 g/mol. The molecule has 72 valence electrons. The van der Waals surface area contributed by atoms with Gasteiger partial charge in [0.25, 0.3) is 0 Å². The van der Waals surface area contributed by atoms with Gasteiger partial charge in [-0.2, -0.15) is 0 Å². The molecule has 0 unspecified atom stereocenters. The zero-order valence-corrected chi connectivity index (χ0v) is 7.47. The van der Waals surface area contributed by atoms with Crippen LogP contribution in [0.5, 0.6) is 0 Å². The molecule has 0 radical (unpaired) electrons. The first-order chi connectivity index (χ1) is 6.59. The Morgan fingerprint density at radius 1 is 1.50 bits per heavy atom. The van der Waals surface area contributed by atoms with E-state index in [0.717, 1.165) is 5.56 Å². The van der Waals surface area contributed by atoms with Crippen LogP contribution in [-0.4, -0.2) is 16.1 Å². The summed E-state index contributed by atoms with van der Waals surface area (Å²) in [4.78, 5) is 13.2. The predicted octanol–water partition coefficient (Wildman–Crippen LogP) is 2.31. The number of aromatic carboxylic acids is 1. The average Bonchev–Trinajstić information content (AvgIpc) is 2.57. The molecule has 2 aromatic rings. The Kier molecular flexibility index (Phi) is 1.77. The SMILES string of the molecule is Cc1ccc(F)c2[nH]c(C(=O)O)cc12. The topological polar surface area (TPSA) is 53.1 Å². The zero-order valence-electron chi connectivity index (χ0n) is 7.47. The summed E-state index contributed by atoms with van der Waals surface area (Å²) in [6, 6.07) is 4.38. The fourth-order valence-corrected chi connectivity index (χ4v) is 1.44. The molecule has 2 N–H and O–H groups in total. The number of aromatic amines is 1. The van der Waals surface area contributed by atoms with Gasteiger partial charge in [0.05, 0.1) is 5.52 Å². The van der Waals surface area contributed by atoms with Crippen LogP contribution in [0.3, 0.4) is 0 Å². The van der Waals surface area contributed by atoms with Crippen LogP contribution in [0.2, 0.25) is 0 Å². The fourth-order valence-electron chi connectivity index (χ4n) is 1.44. The summed E-state index contributed by atoms with van der Waals surface area (Å²) in [5.74, 6) is -1.52. The molecule has 3 nitrogen and oxygen atoms in total. The van der Waals surface area contributed by atoms with Crippen molar-refractivity contribution in [3.8, 4) is 0 Å². The zero-order chi connectivity index (χ0) is 10.3. The molecule has 0 atom stereocenters. The van der Waals surface area contributed by atoms with Crippen molar-refractivity contribution in [2.45, 2.75) is 6.92 Å². The fraction of sp³-hybridized carbons (Fsp3) is 0.100. The summed E-state index contributed by atoms with van der Waals surface area (Å²) in [6.45, 7) is 1.81. The van der Waals surface area contributed by atoms with Gasteiger partial charge in [-0.25, -0.2) is 9.18 Å². The highest BCUT2D eigenvalue weighted by Gasteiger charge is 2.11. The van der Waals surface area contributed by atoms with Crippen molar-refractivity contribution in [2.75, 3.05) is 0 Å². The Morgan fingerprint density at radius 2 is 2.21 bits per heavy atom. The van der Waals surface area contributed by atoms with Crippen LogP contribution < -0.4 is 0 Å². The Morgan fingerprint density at radius 3 is 2.79 bits per heavy atom. The van der Waals surface area contributed by atoms with E-state index in [1.54, 1.807) is 13.0 Å². The van der Waals surface area contributed by atoms with Crippen molar-refractivity contribution in [3.63, 3.8) is 0 Å². The van der Waals surface area contributed by atoms with Crippen LogP contribution >= 0.6 is 0 Å². The first kappa shape index (κ1) is 8.74. The van der Waals surface area contributed by atoms with Crippen molar-refractivity contribution < 1.29 is 14.3 Å². The summed E-state index contributed by atoms with van der Waals surface area (Å²) < 4.78 is 13.2. The number of rotatable bonds is 1. The van der Waals surface area contributed by atoms with Gasteiger partial charge in [0, 0.05) is 5.39 Å². The van der Waals surface area contributed by atoms with Crippen molar-refractivity contribution in [1.82, 2.24) is 4.98 Å². The molecular weight excluding hydrogens is 185 g/mol. The molecule has 0 aliphatic rings. The number of nitrogens with one attached hydrogen (secondary N) is 1. The average molecular weight is 193 g/mol. The second-order valence-electron chi connectivity index (χ2n) is 3.14. The Balaban J connectivity index is 2.82. The molecule has 1 aromatic heterocycles. The van der Waals surface area contributed by atoms with Gasteiger partial charge >= 0.3 is 5.97 Å². The molecule has 0 bridgehead atoms. The number of carbonyl (C=O) groups is 1. The first-order valence-electron chi connectivity index (χ1n) is 4.10. The van der Waals surface area contributed by atoms with E-state index in [0.29, 0.717) is 5.39 Å². The van der Waals surface area contributed by atoms with Crippen molar-refractivity contribution in [3.05, 3.63) is 35.3 Å². The van der Waals surface area contributed by atoms with Gasteiger partial charge in [-0.05, 0) is 24.6 Å². The molecule has 0 saturated heterocycles. The summed E-state index contributed by atoms with van der Waals surface area (Å²) in [5.41, 5.74) is 1.11. The molecule has 0 amide bonds. The van der Waals surface area contributed by atoms with Gasteiger partial charge < -0.3 is 10.1 Å². The number of H-pyrrole nitrogens is 1. The van der Waals surface area contributed by atoms with Crippen LogP contribution in [0.25, 0.3) is 10.9 Å². The van der Waals surface area contributed by atoms with Gasteiger partial charge in [-0.15, -0.1) is 0 Å². The normalized spacial score (nSPS) is 10.7. The smallest absolute Gasteiger partial charge is 0.352 e. The lowest BCUT2D eigenvalue weighted by Crippen LogP contribution is -1.95. The second-order valence-corrected chi connectivity index (χ2v) is 3.14. The number of carboxylic acid groups (broad SMARTS) is 1. The van der Waals surface area contributed by atoms with E-state index in [9.17, 15) is 9.18 Å². The number of fused-ring (bicyclic) bond motifs is 1. The second kappa shape index (κ2) is 2.83. The Hall–Kier alpha value is -1.84. The van der Waals surface area contributed by atoms with Gasteiger partial charge in [0.2, 0.25) is 0 Å². The largest absolute Gasteiger partial charge is 0.477 e. The minimum Gasteiger partial charge on any atom is -0.477 e. The minimum atomic E-state index is -1.08. The number of aryl methyl sites for hydroxylation is 1. The molecule has 0 aliphatic carbocycles. The third-order valence-electron chi connectivity index (χ3n) is 2.19. The maximum atomic E-state index is 13.2. The van der Waals surface area contributed by atoms with E-state index >= 15 is 0 Å². The van der Waals surface area contributed by atoms with Crippen LogP contribution in [0.1, 0.15) is 16.1 Å². The third-order valence-corrected chi connectivity index (χ3v) is 2.19. The number of benzene rings is 1. The van der Waals surface area contributed by atoms with E-state index < -0.39 is 11.8 Å². The third kappa shape index (κ3) is 1.16. The van der Waals surface area contributed by atoms with Crippen molar-refractivity contribution in [2.24, 2.45) is 0 Å². The lowest BCUT2D eigenvalue weighted by Gasteiger charge is -1.95. The van der Waals surface area contributed by atoms with Gasteiger partial charge in [0.15, 0.2) is 0 Å². The molecule has 4 heteroatoms. The molecular formula is C10H8FNO2. The van der Waals surface area contributed by atoms with E-state index in [2.05, 4.69) is 4.98 Å². The predicted molar refractivity (Wildman–Crippen MR) is 50.0 cm³/mol. The van der Waals surface area contributed by atoms with E-state index in [1.165, 1.54) is 12.1 Å². The highest BCUT2D eigenvalue weighted by Crippen LogP contribution is 2.22. The minimum absolute atomic E-state index is 0.00759. The number of hydrogen-bond donors (Lipinski definition) is 2. The number of halogens is 1. The highest BCUT2D eigenvalue weighted by molar-refractivity contribution is 5.95. The van der Waals surface area contributed by atoms with E-state index in [1.807, 2.05) is 0 Å². The number of aromatic nitrogens is 1.